The van der Waals surface area contributed by atoms with Crippen LogP contribution < -0.4 is 0 Å². The van der Waals surface area contributed by atoms with E-state index in [1.165, 1.54) is 0 Å². The van der Waals surface area contributed by atoms with Crippen LogP contribution in [0.25, 0.3) is 0 Å². The van der Waals surface area contributed by atoms with E-state index in [0.29, 0.717) is 14.1 Å². The Morgan fingerprint density at radius 2 is 1.12 bits per heavy atom. The first kappa shape index (κ1) is 11.8. The Morgan fingerprint density at radius 3 is 1.53 bits per heavy atom. The minimum absolute atomic E-state index is 0.276. The topological polar surface area (TPSA) is 40.5 Å². The predicted octanol–water partition coefficient (Wildman–Crippen LogP) is 2.18. The molecular formula is C14H12FeO2. The Bertz CT molecular complexity index is 535. The number of phenolic OH excluding ortho intramolecular Hbond substituents is 2. The van der Waals surface area contributed by atoms with Gasteiger partial charge >= 0.3 is 105 Å². The number of hydrogen-bond donors (Lipinski definition) is 2. The van der Waals surface area contributed by atoms with Crippen molar-refractivity contribution in [3.05, 3.63) is 59.7 Å². The van der Waals surface area contributed by atoms with E-state index in [4.69, 9.17) is 0 Å². The van der Waals surface area contributed by atoms with Gasteiger partial charge in [-0.05, 0) is 0 Å². The molecule has 0 spiro atoms. The van der Waals surface area contributed by atoms with E-state index >= 15 is 0 Å². The van der Waals surface area contributed by atoms with Gasteiger partial charge in [0, 0.05) is 0 Å². The predicted molar refractivity (Wildman–Crippen MR) is 66.5 cm³/mol. The van der Waals surface area contributed by atoms with Gasteiger partial charge in [-0.3, -0.25) is 0 Å². The van der Waals surface area contributed by atoms with Gasteiger partial charge in [0.1, 0.15) is 0 Å². The zero-order valence-corrected chi connectivity index (χ0v) is 10.1. The average Bonchev–Trinajstić information content (AvgIpc) is 2.34. The van der Waals surface area contributed by atoms with Gasteiger partial charge in [-0.15, -0.1) is 0 Å². The van der Waals surface area contributed by atoms with Crippen molar-refractivity contribution in [3.63, 3.8) is 0 Å². The van der Waals surface area contributed by atoms with Crippen molar-refractivity contribution in [2.45, 2.75) is 0 Å². The molecule has 0 aromatic heterocycles. The third-order valence-electron chi connectivity index (χ3n) is 2.21. The van der Waals surface area contributed by atoms with E-state index in [2.05, 4.69) is 0 Å². The molecule has 88 valence electrons. The first-order valence-electron chi connectivity index (χ1n) is 5.09. The third-order valence-corrected chi connectivity index (χ3v) is 3.27. The van der Waals surface area contributed by atoms with Gasteiger partial charge in [-0.25, -0.2) is 0 Å². The van der Waals surface area contributed by atoms with Gasteiger partial charge in [0.25, 0.3) is 0 Å². The minimum atomic E-state index is 0.276. The molecule has 0 atom stereocenters. The Labute approximate surface area is 105 Å². The molecule has 17 heavy (non-hydrogen) atoms. The number of aromatic hydroxyl groups is 2. The van der Waals surface area contributed by atoms with Gasteiger partial charge in [0.15, 0.2) is 0 Å². The van der Waals surface area contributed by atoms with Crippen LogP contribution in [0.3, 0.4) is 0 Å². The Kier molecular flexibility index (Phi) is 3.86. The fourth-order valence-corrected chi connectivity index (χ4v) is 2.33. The van der Waals surface area contributed by atoms with E-state index in [0.717, 1.165) is 11.1 Å². The summed E-state index contributed by atoms with van der Waals surface area (Å²) in [6.07, 6.45) is 0. The average molecular weight is 268 g/mol. The van der Waals surface area contributed by atoms with Gasteiger partial charge in [-0.2, -0.15) is 0 Å². The summed E-state index contributed by atoms with van der Waals surface area (Å²) in [7, 11) is 0. The molecule has 0 fully saturated rings. The molecule has 0 aliphatic rings. The van der Waals surface area contributed by atoms with Crippen molar-refractivity contribution >= 4 is 9.84 Å². The molecule has 0 heterocycles. The van der Waals surface area contributed by atoms with E-state index in [1.54, 1.807) is 24.3 Å². The van der Waals surface area contributed by atoms with Gasteiger partial charge in [-0.1, -0.05) is 0 Å². The third kappa shape index (κ3) is 3.13. The van der Waals surface area contributed by atoms with Crippen molar-refractivity contribution in [3.8, 4) is 11.5 Å². The maximum absolute atomic E-state index is 9.57. The van der Waals surface area contributed by atoms with Crippen LogP contribution in [0.15, 0.2) is 48.5 Å². The standard InChI is InChI=1S/2C7H6O.Fe/c2*1-6-4-2-3-5-7(6)8;/h2*1-5,8H;. The molecule has 2 N–H and O–H groups in total. The second-order valence-electron chi connectivity index (χ2n) is 3.44. The summed E-state index contributed by atoms with van der Waals surface area (Å²) in [5.41, 5.74) is 1.61. The van der Waals surface area contributed by atoms with Crippen molar-refractivity contribution in [2.75, 3.05) is 0 Å². The quantitative estimate of drug-likeness (QED) is 0.819. The molecule has 0 bridgehead atoms. The summed E-state index contributed by atoms with van der Waals surface area (Å²) in [6, 6.07) is 14.4. The monoisotopic (exact) mass is 268 g/mol. The van der Waals surface area contributed by atoms with Crippen LogP contribution in [0.1, 0.15) is 11.1 Å². The van der Waals surface area contributed by atoms with Crippen LogP contribution in [-0.4, -0.2) is 20.1 Å². The first-order chi connectivity index (χ1) is 8.27. The summed E-state index contributed by atoms with van der Waals surface area (Å²) in [5.74, 6) is 0.552. The maximum atomic E-state index is 9.57. The molecule has 0 saturated heterocycles. The van der Waals surface area contributed by atoms with Crippen LogP contribution in [0, 0.1) is 0 Å². The van der Waals surface area contributed by atoms with E-state index in [1.807, 2.05) is 34.1 Å². The van der Waals surface area contributed by atoms with E-state index in [9.17, 15) is 10.2 Å². The fourth-order valence-electron chi connectivity index (χ4n) is 1.30. The second-order valence-corrected chi connectivity index (χ2v) is 4.45. The zero-order valence-electron chi connectivity index (χ0n) is 9.02. The molecule has 2 nitrogen and oxygen atoms in total. The molecule has 2 aromatic carbocycles. The Balaban J connectivity index is 2.28. The van der Waals surface area contributed by atoms with Crippen molar-refractivity contribution < 1.29 is 24.3 Å². The summed E-state index contributed by atoms with van der Waals surface area (Å²) in [4.78, 5) is 3.84. The zero-order chi connectivity index (χ0) is 12.1. The summed E-state index contributed by atoms with van der Waals surface area (Å²) in [6.45, 7) is 0. The normalized spacial score (nSPS) is 9.88. The van der Waals surface area contributed by atoms with E-state index < -0.39 is 0 Å². The van der Waals surface area contributed by atoms with Gasteiger partial charge in [0.2, 0.25) is 0 Å². The summed E-state index contributed by atoms with van der Waals surface area (Å²) >= 11 is 0.662. The second kappa shape index (κ2) is 5.58. The number of rotatable bonds is 2. The van der Waals surface area contributed by atoms with Crippen LogP contribution in [0.5, 0.6) is 11.5 Å². The fraction of sp³-hybridized carbons (Fsp3) is 0. The molecule has 0 radical (unpaired) electrons. The van der Waals surface area contributed by atoms with Crippen LogP contribution in [0.2, 0.25) is 0 Å². The Hall–Kier alpha value is -1.70. The molecule has 3 heteroatoms. The van der Waals surface area contributed by atoms with Gasteiger partial charge < -0.3 is 0 Å². The molecule has 0 saturated carbocycles. The molecular weight excluding hydrogens is 256 g/mol. The summed E-state index contributed by atoms with van der Waals surface area (Å²) < 4.78 is 0. The van der Waals surface area contributed by atoms with Crippen LogP contribution >= 0.6 is 0 Å². The van der Waals surface area contributed by atoms with Crippen molar-refractivity contribution in [2.24, 2.45) is 0 Å². The van der Waals surface area contributed by atoms with Crippen molar-refractivity contribution in [1.82, 2.24) is 0 Å². The number of phenols is 2. The SMILES string of the molecule is Oc1ccccc1[CH]=[Fe]=[CH]c1ccccc1O. The summed E-state index contributed by atoms with van der Waals surface area (Å²) in [5, 5.41) is 19.1. The molecule has 0 aliphatic carbocycles. The Morgan fingerprint density at radius 1 is 0.706 bits per heavy atom. The molecule has 0 unspecified atom stereocenters. The molecule has 2 aromatic rings. The van der Waals surface area contributed by atoms with Crippen LogP contribution in [-0.2, 0) is 14.1 Å². The molecule has 0 amide bonds. The van der Waals surface area contributed by atoms with Gasteiger partial charge in [0.05, 0.1) is 0 Å². The number of benzene rings is 2. The number of para-hydroxylation sites is 2. The van der Waals surface area contributed by atoms with E-state index in [-0.39, 0.29) is 11.5 Å². The first-order valence-corrected chi connectivity index (χ1v) is 6.36. The van der Waals surface area contributed by atoms with Crippen LogP contribution in [0.4, 0.5) is 0 Å². The van der Waals surface area contributed by atoms with Crippen molar-refractivity contribution in [1.29, 1.82) is 0 Å². The molecule has 2 rings (SSSR count). The molecule has 0 aliphatic heterocycles. The number of hydrogen-bond acceptors (Lipinski definition) is 2.